The number of hydrogen-bond acceptors (Lipinski definition) is 6. The maximum absolute atomic E-state index is 11.5. The van der Waals surface area contributed by atoms with Gasteiger partial charge in [-0.1, -0.05) is 61.4 Å². The van der Waals surface area contributed by atoms with Gasteiger partial charge in [-0.25, -0.2) is 9.79 Å². The normalized spacial score (nSPS) is 22.2. The van der Waals surface area contributed by atoms with Crippen molar-refractivity contribution in [3.05, 3.63) is 59.2 Å². The molecule has 164 valence electrons. The topological polar surface area (TPSA) is 76.0 Å². The minimum absolute atomic E-state index is 0.199. The minimum atomic E-state index is -0.387. The van der Waals surface area contributed by atoms with Gasteiger partial charge in [0, 0.05) is 42.9 Å². The molecule has 7 heteroatoms. The first-order valence-electron chi connectivity index (χ1n) is 10.8. The minimum Gasteiger partial charge on any atom is -0.395 e. The van der Waals surface area contributed by atoms with E-state index in [4.69, 9.17) is 10.3 Å². The van der Waals surface area contributed by atoms with Crippen LogP contribution in [0.15, 0.2) is 48.1 Å². The quantitative estimate of drug-likeness (QED) is 0.241. The summed E-state index contributed by atoms with van der Waals surface area (Å²) in [5.41, 5.74) is 5.03. The Hall–Kier alpha value is -1.64. The highest BCUT2D eigenvalue weighted by Gasteiger charge is 2.22. The van der Waals surface area contributed by atoms with E-state index in [0.29, 0.717) is 29.7 Å². The smallest absolute Gasteiger partial charge is 0.270 e. The largest absolute Gasteiger partial charge is 0.395 e. The Bertz CT molecular complexity index is 751. The van der Waals surface area contributed by atoms with Crippen LogP contribution >= 0.6 is 11.9 Å². The van der Waals surface area contributed by atoms with Crippen LogP contribution in [0.25, 0.3) is 0 Å². The lowest BCUT2D eigenvalue weighted by atomic mass is 9.89. The summed E-state index contributed by atoms with van der Waals surface area (Å²) in [6.07, 6.45) is 9.51. The third kappa shape index (κ3) is 6.43. The van der Waals surface area contributed by atoms with Crippen molar-refractivity contribution >= 4 is 17.9 Å². The first kappa shape index (κ1) is 23.0. The summed E-state index contributed by atoms with van der Waals surface area (Å²) in [6, 6.07) is 8.91. The third-order valence-electron chi connectivity index (χ3n) is 5.85. The van der Waals surface area contributed by atoms with Gasteiger partial charge < -0.3 is 5.11 Å². The summed E-state index contributed by atoms with van der Waals surface area (Å²) in [4.78, 5) is 13.7. The Morgan fingerprint density at radius 1 is 1.27 bits per heavy atom. The number of carbonyl (C=O) groups excluding carboxylic acids is 1. The summed E-state index contributed by atoms with van der Waals surface area (Å²) in [6.45, 7) is 6.41. The zero-order valence-corrected chi connectivity index (χ0v) is 18.5. The van der Waals surface area contributed by atoms with Crippen LogP contribution in [0.5, 0.6) is 0 Å². The monoisotopic (exact) mass is 431 g/mol. The van der Waals surface area contributed by atoms with Crippen LogP contribution in [-0.4, -0.2) is 63.5 Å². The van der Waals surface area contributed by atoms with Gasteiger partial charge in [-0.2, -0.15) is 0 Å². The number of benzene rings is 1. The number of rotatable bonds is 9. The number of likely N-dealkylation sites (N-methyl/N-ethyl adjacent to an activating group) is 1. The number of nitrogens with one attached hydrogen (secondary N) is 1. The molecule has 0 fully saturated rings. The van der Waals surface area contributed by atoms with E-state index in [-0.39, 0.29) is 12.5 Å². The van der Waals surface area contributed by atoms with Crippen LogP contribution in [0.3, 0.4) is 0 Å². The number of aliphatic hydroxyl groups excluding tert-OH is 1. The lowest BCUT2D eigenvalue weighted by Gasteiger charge is -2.30. The first-order chi connectivity index (χ1) is 14.6. The molecule has 1 heterocycles. The molecule has 2 atom stereocenters. The SMILES string of the molecule is CCN(CCO)Cc1ccc(C2C=CC(SN3CC=C(C(=O)NO)CC3)CC2)cc1. The molecule has 3 N–H and O–H groups in total. The molecular weight excluding hydrogens is 398 g/mol. The molecule has 1 aliphatic carbocycles. The fraction of sp³-hybridized carbons (Fsp3) is 0.522. The van der Waals surface area contributed by atoms with E-state index in [1.807, 2.05) is 18.0 Å². The van der Waals surface area contributed by atoms with Crippen molar-refractivity contribution < 1.29 is 15.1 Å². The van der Waals surface area contributed by atoms with Crippen molar-refractivity contribution in [1.29, 1.82) is 0 Å². The molecule has 1 amide bonds. The number of nitrogens with zero attached hydrogens (tertiary/aromatic N) is 2. The predicted molar refractivity (Wildman–Crippen MR) is 121 cm³/mol. The highest BCUT2D eigenvalue weighted by Crippen LogP contribution is 2.34. The predicted octanol–water partition coefficient (Wildman–Crippen LogP) is 3.09. The van der Waals surface area contributed by atoms with Crippen LogP contribution < -0.4 is 5.48 Å². The van der Waals surface area contributed by atoms with Gasteiger partial charge in [-0.05, 0) is 36.9 Å². The van der Waals surface area contributed by atoms with Crippen LogP contribution in [0.2, 0.25) is 0 Å². The van der Waals surface area contributed by atoms with Gasteiger partial charge in [0.25, 0.3) is 5.91 Å². The molecule has 0 spiro atoms. The maximum atomic E-state index is 11.5. The highest BCUT2D eigenvalue weighted by atomic mass is 32.2. The molecule has 1 aromatic carbocycles. The number of carbonyl (C=O) groups is 1. The molecule has 1 aromatic rings. The van der Waals surface area contributed by atoms with Crippen molar-refractivity contribution in [2.45, 2.75) is 43.9 Å². The van der Waals surface area contributed by atoms with E-state index in [2.05, 4.69) is 52.5 Å². The molecule has 0 bridgehead atoms. The number of hydroxylamine groups is 1. The maximum Gasteiger partial charge on any atom is 0.270 e. The summed E-state index contributed by atoms with van der Waals surface area (Å²) in [5.74, 6) is 0.0820. The average molecular weight is 432 g/mol. The van der Waals surface area contributed by atoms with Crippen LogP contribution in [0.1, 0.15) is 43.2 Å². The number of aliphatic hydroxyl groups is 1. The molecule has 0 radical (unpaired) electrons. The average Bonchev–Trinajstić information content (AvgIpc) is 2.80. The second-order valence-electron chi connectivity index (χ2n) is 7.85. The van der Waals surface area contributed by atoms with Gasteiger partial charge in [0.2, 0.25) is 0 Å². The van der Waals surface area contributed by atoms with E-state index in [0.717, 1.165) is 39.0 Å². The van der Waals surface area contributed by atoms with E-state index in [9.17, 15) is 4.79 Å². The molecule has 2 aliphatic rings. The Morgan fingerprint density at radius 3 is 2.63 bits per heavy atom. The van der Waals surface area contributed by atoms with Gasteiger partial charge in [0.05, 0.1) is 6.61 Å². The zero-order valence-electron chi connectivity index (χ0n) is 17.7. The van der Waals surface area contributed by atoms with E-state index in [1.165, 1.54) is 11.1 Å². The molecule has 0 saturated heterocycles. The summed E-state index contributed by atoms with van der Waals surface area (Å²) in [5, 5.41) is 18.4. The van der Waals surface area contributed by atoms with Gasteiger partial charge in [0.1, 0.15) is 0 Å². The van der Waals surface area contributed by atoms with Crippen LogP contribution in [-0.2, 0) is 11.3 Å². The standard InChI is InChI=1S/C23H33N3O3S/c1-2-25(15-16-27)17-18-3-5-19(6-4-18)20-7-9-22(10-8-20)30-26-13-11-21(12-14-26)23(28)24-29/h3-7,9,11,20,22,27,29H,2,8,10,12-17H2,1H3,(H,24,28). The molecule has 30 heavy (non-hydrogen) atoms. The lowest BCUT2D eigenvalue weighted by molar-refractivity contribution is -0.125. The highest BCUT2D eigenvalue weighted by molar-refractivity contribution is 7.97. The van der Waals surface area contributed by atoms with Gasteiger partial charge in [0.15, 0.2) is 0 Å². The molecule has 2 unspecified atom stereocenters. The zero-order chi connectivity index (χ0) is 21.3. The van der Waals surface area contributed by atoms with Crippen molar-refractivity contribution in [2.24, 2.45) is 0 Å². The molecular formula is C23H33N3O3S. The Balaban J connectivity index is 1.49. The van der Waals surface area contributed by atoms with E-state index < -0.39 is 0 Å². The third-order valence-corrected chi connectivity index (χ3v) is 7.14. The summed E-state index contributed by atoms with van der Waals surface area (Å²) in [7, 11) is 0. The van der Waals surface area contributed by atoms with Crippen molar-refractivity contribution in [3.8, 4) is 0 Å². The molecule has 1 aliphatic heterocycles. The van der Waals surface area contributed by atoms with Crippen molar-refractivity contribution in [1.82, 2.24) is 14.7 Å². The summed E-state index contributed by atoms with van der Waals surface area (Å²) < 4.78 is 2.30. The Morgan fingerprint density at radius 2 is 2.07 bits per heavy atom. The van der Waals surface area contributed by atoms with E-state index in [1.54, 1.807) is 5.48 Å². The Labute approximate surface area is 183 Å². The second-order valence-corrected chi connectivity index (χ2v) is 9.19. The molecule has 6 nitrogen and oxygen atoms in total. The van der Waals surface area contributed by atoms with Crippen LogP contribution in [0.4, 0.5) is 0 Å². The van der Waals surface area contributed by atoms with Crippen molar-refractivity contribution in [2.75, 3.05) is 32.8 Å². The summed E-state index contributed by atoms with van der Waals surface area (Å²) >= 11 is 1.86. The van der Waals surface area contributed by atoms with E-state index >= 15 is 0 Å². The van der Waals surface area contributed by atoms with Gasteiger partial charge >= 0.3 is 0 Å². The molecule has 0 aromatic heterocycles. The first-order valence-corrected chi connectivity index (χ1v) is 11.6. The molecule has 0 saturated carbocycles. The number of amides is 1. The van der Waals surface area contributed by atoms with Crippen LogP contribution in [0, 0.1) is 0 Å². The second kappa shape index (κ2) is 11.7. The Kier molecular flexibility index (Phi) is 8.96. The number of allylic oxidation sites excluding steroid dienone is 1. The molecule has 3 rings (SSSR count). The van der Waals surface area contributed by atoms with Gasteiger partial charge in [-0.15, -0.1) is 0 Å². The van der Waals surface area contributed by atoms with Gasteiger partial charge in [-0.3, -0.25) is 14.9 Å². The number of hydrogen-bond donors (Lipinski definition) is 3. The fourth-order valence-electron chi connectivity index (χ4n) is 3.99. The fourth-order valence-corrected chi connectivity index (χ4v) is 5.14. The van der Waals surface area contributed by atoms with Crippen molar-refractivity contribution in [3.63, 3.8) is 0 Å². The lowest BCUT2D eigenvalue weighted by Crippen LogP contribution is -2.30.